The number of tetrazole rings is 1. The van der Waals surface area contributed by atoms with E-state index in [9.17, 15) is 4.79 Å². The minimum Gasteiger partial charge on any atom is -0.484 e. The zero-order chi connectivity index (χ0) is 19.2. The lowest BCUT2D eigenvalue weighted by Gasteiger charge is -2.34. The first kappa shape index (κ1) is 18.2. The lowest BCUT2D eigenvalue weighted by atomic mass is 9.93. The van der Waals surface area contributed by atoms with E-state index in [4.69, 9.17) is 4.74 Å². The molecule has 1 aliphatic carbocycles. The third-order valence-electron chi connectivity index (χ3n) is 5.06. The molecule has 4 rings (SSSR count). The number of hydrogen-bond donors (Lipinski definition) is 0. The van der Waals surface area contributed by atoms with Crippen LogP contribution in [0.4, 0.5) is 5.69 Å². The van der Waals surface area contributed by atoms with Crippen molar-refractivity contribution in [3.05, 3.63) is 60.9 Å². The number of para-hydroxylation sites is 1. The van der Waals surface area contributed by atoms with Crippen LogP contribution in [0, 0.1) is 0 Å². The van der Waals surface area contributed by atoms with Crippen molar-refractivity contribution >= 4 is 11.6 Å². The minimum absolute atomic E-state index is 0.00955. The molecule has 0 saturated heterocycles. The van der Waals surface area contributed by atoms with Crippen LogP contribution in [0.1, 0.15) is 32.1 Å². The van der Waals surface area contributed by atoms with Crippen LogP contribution in [0.2, 0.25) is 0 Å². The van der Waals surface area contributed by atoms with Gasteiger partial charge in [0.1, 0.15) is 12.1 Å². The van der Waals surface area contributed by atoms with E-state index in [0.29, 0.717) is 5.75 Å². The van der Waals surface area contributed by atoms with Crippen molar-refractivity contribution in [2.75, 3.05) is 11.5 Å². The van der Waals surface area contributed by atoms with E-state index in [0.717, 1.165) is 24.2 Å². The molecule has 0 unspecified atom stereocenters. The molecule has 0 radical (unpaired) electrons. The standard InChI is InChI=1S/C21H23N5O2/c27-21(15-28-20-13-11-17(12-14-20)25-16-22-23-24-25)26(18-7-3-1-4-8-18)19-9-5-2-6-10-19/h1,3-4,7-8,11-14,16,19H,2,5-6,9-10,15H2. The molecule has 1 amide bonds. The van der Waals surface area contributed by atoms with Crippen LogP contribution in [0.15, 0.2) is 60.9 Å². The molecule has 1 aromatic heterocycles. The molecule has 0 spiro atoms. The van der Waals surface area contributed by atoms with Gasteiger partial charge < -0.3 is 9.64 Å². The number of anilines is 1. The Hall–Kier alpha value is -3.22. The number of carbonyl (C=O) groups excluding carboxylic acids is 1. The van der Waals surface area contributed by atoms with Gasteiger partial charge in [-0.2, -0.15) is 0 Å². The summed E-state index contributed by atoms with van der Waals surface area (Å²) in [5, 5.41) is 11.1. The molecule has 144 valence electrons. The van der Waals surface area contributed by atoms with Crippen molar-refractivity contribution in [3.63, 3.8) is 0 Å². The Morgan fingerprint density at radius 1 is 1.04 bits per heavy atom. The summed E-state index contributed by atoms with van der Waals surface area (Å²) in [5.41, 5.74) is 1.77. The maximum atomic E-state index is 13.0. The van der Waals surface area contributed by atoms with Gasteiger partial charge in [-0.25, -0.2) is 4.68 Å². The smallest absolute Gasteiger partial charge is 0.265 e. The largest absolute Gasteiger partial charge is 0.484 e. The number of benzene rings is 2. The molecule has 0 aliphatic heterocycles. The number of nitrogens with zero attached hydrogens (tertiary/aromatic N) is 5. The zero-order valence-corrected chi connectivity index (χ0v) is 15.6. The van der Waals surface area contributed by atoms with E-state index in [2.05, 4.69) is 15.5 Å². The number of hydrogen-bond acceptors (Lipinski definition) is 5. The highest BCUT2D eigenvalue weighted by atomic mass is 16.5. The van der Waals surface area contributed by atoms with Crippen molar-refractivity contribution in [1.82, 2.24) is 20.2 Å². The number of amides is 1. The summed E-state index contributed by atoms with van der Waals surface area (Å²) in [4.78, 5) is 15.0. The Labute approximate surface area is 163 Å². The second-order valence-corrected chi connectivity index (χ2v) is 6.93. The van der Waals surface area contributed by atoms with Crippen molar-refractivity contribution < 1.29 is 9.53 Å². The maximum absolute atomic E-state index is 13.0. The first-order chi connectivity index (χ1) is 13.8. The molecule has 2 aromatic carbocycles. The molecule has 0 atom stereocenters. The summed E-state index contributed by atoms with van der Waals surface area (Å²) >= 11 is 0. The van der Waals surface area contributed by atoms with Crippen LogP contribution in [0.3, 0.4) is 0 Å². The summed E-state index contributed by atoms with van der Waals surface area (Å²) in [6.07, 6.45) is 7.20. The van der Waals surface area contributed by atoms with Crippen LogP contribution < -0.4 is 9.64 Å². The highest BCUT2D eigenvalue weighted by molar-refractivity contribution is 5.95. The molecule has 28 heavy (non-hydrogen) atoms. The average Bonchev–Trinajstić information content (AvgIpc) is 3.29. The third kappa shape index (κ3) is 4.19. The van der Waals surface area contributed by atoms with Gasteiger partial charge in [-0.3, -0.25) is 4.79 Å². The monoisotopic (exact) mass is 377 g/mol. The lowest BCUT2D eigenvalue weighted by molar-refractivity contribution is -0.121. The van der Waals surface area contributed by atoms with E-state index in [1.807, 2.05) is 59.5 Å². The summed E-state index contributed by atoms with van der Waals surface area (Å²) in [6.45, 7) is 0.00955. The Bertz CT molecular complexity index is 875. The second-order valence-electron chi connectivity index (χ2n) is 6.93. The van der Waals surface area contributed by atoms with Crippen molar-refractivity contribution in [3.8, 4) is 11.4 Å². The summed E-state index contributed by atoms with van der Waals surface area (Å²) < 4.78 is 7.35. The number of aromatic nitrogens is 4. The van der Waals surface area contributed by atoms with E-state index in [-0.39, 0.29) is 18.6 Å². The molecular weight excluding hydrogens is 354 g/mol. The normalized spacial score (nSPS) is 14.6. The lowest BCUT2D eigenvalue weighted by Crippen LogP contribution is -2.44. The molecule has 1 aliphatic rings. The zero-order valence-electron chi connectivity index (χ0n) is 15.6. The number of rotatable bonds is 6. The molecule has 1 saturated carbocycles. The van der Waals surface area contributed by atoms with Crippen LogP contribution >= 0.6 is 0 Å². The van der Waals surface area contributed by atoms with E-state index in [1.165, 1.54) is 25.6 Å². The Kier molecular flexibility index (Phi) is 5.61. The van der Waals surface area contributed by atoms with Crippen molar-refractivity contribution in [2.45, 2.75) is 38.1 Å². The topological polar surface area (TPSA) is 73.1 Å². The Balaban J connectivity index is 1.44. The molecule has 3 aromatic rings. The molecule has 1 fully saturated rings. The second kappa shape index (κ2) is 8.65. The molecule has 0 bridgehead atoms. The quantitative estimate of drug-likeness (QED) is 0.658. The molecular formula is C21H23N5O2. The summed E-state index contributed by atoms with van der Waals surface area (Å²) in [6, 6.07) is 17.5. The van der Waals surface area contributed by atoms with Gasteiger partial charge in [-0.15, -0.1) is 5.10 Å². The fraction of sp³-hybridized carbons (Fsp3) is 0.333. The first-order valence-corrected chi connectivity index (χ1v) is 9.64. The highest BCUT2D eigenvalue weighted by Gasteiger charge is 2.27. The third-order valence-corrected chi connectivity index (χ3v) is 5.06. The predicted molar refractivity (Wildman–Crippen MR) is 105 cm³/mol. The van der Waals surface area contributed by atoms with Crippen LogP contribution in [0.5, 0.6) is 5.75 Å². The number of carbonyl (C=O) groups is 1. The van der Waals surface area contributed by atoms with Crippen molar-refractivity contribution in [1.29, 1.82) is 0 Å². The molecule has 0 N–H and O–H groups in total. The van der Waals surface area contributed by atoms with Gasteiger partial charge in [0, 0.05) is 11.7 Å². The van der Waals surface area contributed by atoms with Crippen molar-refractivity contribution in [2.24, 2.45) is 0 Å². The summed E-state index contributed by atoms with van der Waals surface area (Å²) in [5.74, 6) is 0.629. The van der Waals surface area contributed by atoms with Gasteiger partial charge in [0.25, 0.3) is 5.91 Å². The molecule has 7 nitrogen and oxygen atoms in total. The predicted octanol–water partition coefficient (Wildman–Crippen LogP) is 3.41. The van der Waals surface area contributed by atoms with Crippen LogP contribution in [0.25, 0.3) is 5.69 Å². The van der Waals surface area contributed by atoms with E-state index >= 15 is 0 Å². The van der Waals surface area contributed by atoms with Gasteiger partial charge in [-0.1, -0.05) is 37.5 Å². The van der Waals surface area contributed by atoms with E-state index in [1.54, 1.807) is 4.68 Å². The van der Waals surface area contributed by atoms with Gasteiger partial charge in [0.15, 0.2) is 6.61 Å². The average molecular weight is 377 g/mol. The van der Waals surface area contributed by atoms with Gasteiger partial charge in [0.05, 0.1) is 5.69 Å². The first-order valence-electron chi connectivity index (χ1n) is 9.64. The number of ether oxygens (including phenoxy) is 1. The van der Waals surface area contributed by atoms with E-state index < -0.39 is 0 Å². The van der Waals surface area contributed by atoms with Gasteiger partial charge in [0.2, 0.25) is 0 Å². The van der Waals surface area contributed by atoms with Gasteiger partial charge >= 0.3 is 0 Å². The maximum Gasteiger partial charge on any atom is 0.265 e. The fourth-order valence-corrected chi connectivity index (χ4v) is 3.68. The summed E-state index contributed by atoms with van der Waals surface area (Å²) in [7, 11) is 0. The SMILES string of the molecule is O=C(COc1ccc(-n2cnnn2)cc1)N(c1ccccc1)C1CCCCC1. The highest BCUT2D eigenvalue weighted by Crippen LogP contribution is 2.27. The van der Waals surface area contributed by atoms with Crippen LogP contribution in [-0.4, -0.2) is 38.8 Å². The molecule has 1 heterocycles. The fourth-order valence-electron chi connectivity index (χ4n) is 3.68. The Morgan fingerprint density at radius 3 is 2.46 bits per heavy atom. The molecule has 7 heteroatoms. The van der Waals surface area contributed by atoms with Gasteiger partial charge in [-0.05, 0) is 59.7 Å². The van der Waals surface area contributed by atoms with Crippen LogP contribution in [-0.2, 0) is 4.79 Å². The minimum atomic E-state index is -0.0114. The Morgan fingerprint density at radius 2 is 1.79 bits per heavy atom.